The van der Waals surface area contributed by atoms with Crippen LogP contribution in [0.1, 0.15) is 5.56 Å². The van der Waals surface area contributed by atoms with Gasteiger partial charge in [-0.1, -0.05) is 29.8 Å². The number of fused-ring (bicyclic) bond motifs is 1. The second kappa shape index (κ2) is 4.55. The largest absolute Gasteiger partial charge is 0.369 e. The maximum atomic E-state index is 13.2. The van der Waals surface area contributed by atoms with E-state index in [0.29, 0.717) is 23.0 Å². The molecule has 0 saturated heterocycles. The van der Waals surface area contributed by atoms with Gasteiger partial charge in [-0.3, -0.25) is 0 Å². The molecular formula is C14H11ClFN3. The number of rotatable bonds is 2. The van der Waals surface area contributed by atoms with E-state index in [9.17, 15) is 4.39 Å². The first kappa shape index (κ1) is 12.0. The number of imidazole rings is 1. The number of nitrogen functional groups attached to an aromatic ring is 1. The van der Waals surface area contributed by atoms with Crippen LogP contribution in [0.4, 0.5) is 10.3 Å². The highest BCUT2D eigenvalue weighted by molar-refractivity contribution is 6.31. The van der Waals surface area contributed by atoms with Gasteiger partial charge in [-0.15, -0.1) is 0 Å². The molecular weight excluding hydrogens is 265 g/mol. The lowest BCUT2D eigenvalue weighted by Gasteiger charge is -2.08. The van der Waals surface area contributed by atoms with Crippen molar-refractivity contribution in [3.05, 3.63) is 58.9 Å². The molecule has 0 bridgehead atoms. The Kier molecular flexibility index (Phi) is 2.87. The summed E-state index contributed by atoms with van der Waals surface area (Å²) in [5.41, 5.74) is 8.17. The molecule has 0 aliphatic heterocycles. The second-order valence-corrected chi connectivity index (χ2v) is 4.69. The van der Waals surface area contributed by atoms with Crippen molar-refractivity contribution in [3.8, 4) is 0 Å². The fourth-order valence-electron chi connectivity index (χ4n) is 2.08. The highest BCUT2D eigenvalue weighted by Crippen LogP contribution is 2.23. The topological polar surface area (TPSA) is 43.8 Å². The number of nitrogens with two attached hydrogens (primary N) is 1. The Morgan fingerprint density at radius 1 is 1.21 bits per heavy atom. The van der Waals surface area contributed by atoms with E-state index in [0.717, 1.165) is 11.1 Å². The summed E-state index contributed by atoms with van der Waals surface area (Å²) >= 11 is 6.14. The lowest BCUT2D eigenvalue weighted by atomic mass is 10.2. The molecule has 0 fully saturated rings. The van der Waals surface area contributed by atoms with E-state index in [1.165, 1.54) is 12.1 Å². The Balaban J connectivity index is 2.10. The van der Waals surface area contributed by atoms with Crippen LogP contribution in [0.3, 0.4) is 0 Å². The molecule has 3 aromatic rings. The van der Waals surface area contributed by atoms with Crippen molar-refractivity contribution in [1.82, 2.24) is 9.55 Å². The van der Waals surface area contributed by atoms with Crippen LogP contribution in [-0.2, 0) is 6.54 Å². The predicted octanol–water partition coefficient (Wildman–Crippen LogP) is 3.46. The zero-order chi connectivity index (χ0) is 13.4. The smallest absolute Gasteiger partial charge is 0.201 e. The molecule has 0 aliphatic rings. The molecule has 0 amide bonds. The summed E-state index contributed by atoms with van der Waals surface area (Å²) in [4.78, 5) is 4.16. The number of nitrogens with zero attached hydrogens (tertiary/aromatic N) is 2. The maximum Gasteiger partial charge on any atom is 0.201 e. The second-order valence-electron chi connectivity index (χ2n) is 4.28. The number of halogens is 2. The zero-order valence-corrected chi connectivity index (χ0v) is 10.7. The molecule has 1 heterocycles. The average Bonchev–Trinajstić information content (AvgIpc) is 2.68. The molecule has 0 saturated carbocycles. The summed E-state index contributed by atoms with van der Waals surface area (Å²) in [6.07, 6.45) is 0. The van der Waals surface area contributed by atoms with Crippen LogP contribution in [0.2, 0.25) is 5.02 Å². The average molecular weight is 276 g/mol. The predicted molar refractivity (Wildman–Crippen MR) is 74.7 cm³/mol. The third-order valence-electron chi connectivity index (χ3n) is 3.03. The van der Waals surface area contributed by atoms with E-state index in [1.807, 2.05) is 28.8 Å². The van der Waals surface area contributed by atoms with Gasteiger partial charge >= 0.3 is 0 Å². The van der Waals surface area contributed by atoms with E-state index in [2.05, 4.69) is 4.98 Å². The van der Waals surface area contributed by atoms with Gasteiger partial charge in [0, 0.05) is 11.1 Å². The van der Waals surface area contributed by atoms with Crippen molar-refractivity contribution in [1.29, 1.82) is 0 Å². The fraction of sp³-hybridized carbons (Fsp3) is 0.0714. The van der Waals surface area contributed by atoms with Gasteiger partial charge in [0.2, 0.25) is 5.95 Å². The van der Waals surface area contributed by atoms with Crippen LogP contribution >= 0.6 is 11.6 Å². The monoisotopic (exact) mass is 275 g/mol. The highest BCUT2D eigenvalue weighted by atomic mass is 35.5. The Hall–Kier alpha value is -2.07. The summed E-state index contributed by atoms with van der Waals surface area (Å²) in [7, 11) is 0. The van der Waals surface area contributed by atoms with E-state index < -0.39 is 0 Å². The van der Waals surface area contributed by atoms with Crippen LogP contribution in [0.25, 0.3) is 11.0 Å². The van der Waals surface area contributed by atoms with E-state index >= 15 is 0 Å². The van der Waals surface area contributed by atoms with Gasteiger partial charge in [-0.05, 0) is 23.8 Å². The SMILES string of the molecule is Nc1nc2cc(F)ccc2n1Cc1ccccc1Cl. The van der Waals surface area contributed by atoms with Gasteiger partial charge in [0.25, 0.3) is 0 Å². The van der Waals surface area contributed by atoms with Crippen LogP contribution in [0.15, 0.2) is 42.5 Å². The minimum absolute atomic E-state index is 0.324. The van der Waals surface area contributed by atoms with Crippen molar-refractivity contribution in [3.63, 3.8) is 0 Å². The van der Waals surface area contributed by atoms with Gasteiger partial charge in [-0.25, -0.2) is 9.37 Å². The van der Waals surface area contributed by atoms with Crippen molar-refractivity contribution in [2.75, 3.05) is 5.73 Å². The molecule has 19 heavy (non-hydrogen) atoms. The van der Waals surface area contributed by atoms with Crippen LogP contribution in [-0.4, -0.2) is 9.55 Å². The molecule has 0 radical (unpaired) electrons. The Morgan fingerprint density at radius 3 is 2.79 bits per heavy atom. The van der Waals surface area contributed by atoms with E-state index in [4.69, 9.17) is 17.3 Å². The molecule has 0 spiro atoms. The highest BCUT2D eigenvalue weighted by Gasteiger charge is 2.10. The molecule has 2 N–H and O–H groups in total. The summed E-state index contributed by atoms with van der Waals surface area (Å²) in [5, 5.41) is 0.672. The quantitative estimate of drug-likeness (QED) is 0.778. The summed E-state index contributed by atoms with van der Waals surface area (Å²) in [6.45, 7) is 0.508. The lowest BCUT2D eigenvalue weighted by molar-refractivity contribution is 0.629. The molecule has 0 atom stereocenters. The lowest BCUT2D eigenvalue weighted by Crippen LogP contribution is -2.04. The van der Waals surface area contributed by atoms with Crippen molar-refractivity contribution < 1.29 is 4.39 Å². The van der Waals surface area contributed by atoms with Gasteiger partial charge in [0.1, 0.15) is 5.82 Å². The minimum Gasteiger partial charge on any atom is -0.369 e. The molecule has 0 aliphatic carbocycles. The van der Waals surface area contributed by atoms with E-state index in [-0.39, 0.29) is 5.82 Å². The molecule has 1 aromatic heterocycles. The van der Waals surface area contributed by atoms with Crippen molar-refractivity contribution >= 4 is 28.6 Å². The van der Waals surface area contributed by atoms with E-state index in [1.54, 1.807) is 6.07 Å². The first-order chi connectivity index (χ1) is 9.15. The first-order valence-corrected chi connectivity index (χ1v) is 6.17. The number of hydrogen-bond acceptors (Lipinski definition) is 2. The van der Waals surface area contributed by atoms with Crippen LogP contribution in [0, 0.1) is 5.82 Å². The van der Waals surface area contributed by atoms with Gasteiger partial charge in [-0.2, -0.15) is 0 Å². The third kappa shape index (κ3) is 2.15. The summed E-state index contributed by atoms with van der Waals surface area (Å²) in [5.74, 6) is 0.0235. The molecule has 3 nitrogen and oxygen atoms in total. The van der Waals surface area contributed by atoms with Gasteiger partial charge in [0.05, 0.1) is 17.6 Å². The zero-order valence-electron chi connectivity index (χ0n) is 9.98. The maximum absolute atomic E-state index is 13.2. The summed E-state index contributed by atoms with van der Waals surface area (Å²) < 4.78 is 15.0. The third-order valence-corrected chi connectivity index (χ3v) is 3.39. The summed E-state index contributed by atoms with van der Waals surface area (Å²) in [6, 6.07) is 12.0. The Morgan fingerprint density at radius 2 is 2.00 bits per heavy atom. The molecule has 3 rings (SSSR count). The van der Waals surface area contributed by atoms with Gasteiger partial charge < -0.3 is 10.3 Å². The van der Waals surface area contributed by atoms with Crippen LogP contribution in [0.5, 0.6) is 0 Å². The normalized spacial score (nSPS) is 11.1. The van der Waals surface area contributed by atoms with Crippen LogP contribution < -0.4 is 5.73 Å². The van der Waals surface area contributed by atoms with Crippen molar-refractivity contribution in [2.45, 2.75) is 6.54 Å². The van der Waals surface area contributed by atoms with Crippen molar-refractivity contribution in [2.24, 2.45) is 0 Å². The Bertz CT molecular complexity index is 752. The standard InChI is InChI=1S/C14H11ClFN3/c15-11-4-2-1-3-9(11)8-19-13-6-5-10(16)7-12(13)18-14(19)17/h1-7H,8H2,(H2,17,18). The minimum atomic E-state index is -0.324. The number of hydrogen-bond donors (Lipinski definition) is 1. The molecule has 0 unspecified atom stereocenters. The fourth-order valence-corrected chi connectivity index (χ4v) is 2.28. The Labute approximate surface area is 114 Å². The number of aromatic nitrogens is 2. The number of benzene rings is 2. The van der Waals surface area contributed by atoms with Gasteiger partial charge in [0.15, 0.2) is 0 Å². The first-order valence-electron chi connectivity index (χ1n) is 5.80. The molecule has 5 heteroatoms. The number of anilines is 1. The molecule has 96 valence electrons. The molecule has 2 aromatic carbocycles.